The molecule has 8 heteroatoms. The van der Waals surface area contributed by atoms with E-state index in [9.17, 15) is 9.59 Å². The third kappa shape index (κ3) is 4.99. The number of carbonyl (C=O) groups excluding carboxylic acids is 2. The molecule has 0 aromatic heterocycles. The Morgan fingerprint density at radius 2 is 1.80 bits per heavy atom. The zero-order valence-electron chi connectivity index (χ0n) is 14.9. The summed E-state index contributed by atoms with van der Waals surface area (Å²) in [5.41, 5.74) is 0.471. The van der Waals surface area contributed by atoms with E-state index >= 15 is 0 Å². The third-order valence-corrected chi connectivity index (χ3v) is 4.17. The number of amides is 2. The van der Waals surface area contributed by atoms with Crippen molar-refractivity contribution in [2.45, 2.75) is 0 Å². The minimum atomic E-state index is -0.292. The molecule has 138 valence electrons. The first kappa shape index (κ1) is 18.9. The monoisotopic (exact) mass is 351 g/mol. The van der Waals surface area contributed by atoms with Crippen molar-refractivity contribution in [3.05, 3.63) is 23.8 Å². The minimum Gasteiger partial charge on any atom is -0.497 e. The second-order valence-corrected chi connectivity index (χ2v) is 5.62. The van der Waals surface area contributed by atoms with Gasteiger partial charge in [0, 0.05) is 45.3 Å². The summed E-state index contributed by atoms with van der Waals surface area (Å²) in [7, 11) is 4.47. The Morgan fingerprint density at radius 1 is 1.08 bits per heavy atom. The summed E-state index contributed by atoms with van der Waals surface area (Å²) in [6.07, 6.45) is -0.292. The van der Waals surface area contributed by atoms with Gasteiger partial charge in [0.1, 0.15) is 11.5 Å². The molecule has 1 aromatic carbocycles. The highest BCUT2D eigenvalue weighted by Gasteiger charge is 2.21. The third-order valence-electron chi connectivity index (χ3n) is 4.17. The van der Waals surface area contributed by atoms with Gasteiger partial charge in [-0.3, -0.25) is 9.69 Å². The van der Waals surface area contributed by atoms with Gasteiger partial charge in [0.2, 0.25) is 0 Å². The molecule has 1 heterocycles. The van der Waals surface area contributed by atoms with E-state index in [4.69, 9.17) is 14.2 Å². The fraction of sp³-hybridized carbons (Fsp3) is 0.529. The number of carbonyl (C=O) groups is 2. The molecular formula is C17H25N3O5. The SMILES string of the molecule is COC(=O)N1CCN(CCNC(=O)c2ccc(OC)cc2OC)CC1. The number of nitrogens with one attached hydrogen (secondary N) is 1. The molecule has 2 rings (SSSR count). The molecule has 1 fully saturated rings. The molecule has 2 amide bonds. The largest absolute Gasteiger partial charge is 0.497 e. The molecule has 0 bridgehead atoms. The van der Waals surface area contributed by atoms with E-state index in [-0.39, 0.29) is 12.0 Å². The van der Waals surface area contributed by atoms with Gasteiger partial charge in [-0.1, -0.05) is 0 Å². The van der Waals surface area contributed by atoms with Gasteiger partial charge in [-0.15, -0.1) is 0 Å². The van der Waals surface area contributed by atoms with Crippen molar-refractivity contribution < 1.29 is 23.8 Å². The summed E-state index contributed by atoms with van der Waals surface area (Å²) in [6.45, 7) is 4.03. The topological polar surface area (TPSA) is 80.3 Å². The Hall–Kier alpha value is -2.48. The fourth-order valence-electron chi connectivity index (χ4n) is 2.69. The first-order valence-electron chi connectivity index (χ1n) is 8.14. The lowest BCUT2D eigenvalue weighted by Gasteiger charge is -2.33. The molecule has 0 spiro atoms. The Morgan fingerprint density at radius 3 is 2.40 bits per heavy atom. The molecule has 0 aliphatic carbocycles. The zero-order chi connectivity index (χ0) is 18.2. The van der Waals surface area contributed by atoms with Gasteiger partial charge >= 0.3 is 6.09 Å². The van der Waals surface area contributed by atoms with E-state index in [1.165, 1.54) is 14.2 Å². The number of piperazine rings is 1. The minimum absolute atomic E-state index is 0.187. The molecule has 0 saturated carbocycles. The summed E-state index contributed by atoms with van der Waals surface area (Å²) in [6, 6.07) is 5.09. The van der Waals surface area contributed by atoms with Gasteiger partial charge in [0.15, 0.2) is 0 Å². The van der Waals surface area contributed by atoms with Gasteiger partial charge < -0.3 is 24.4 Å². The quantitative estimate of drug-likeness (QED) is 0.817. The van der Waals surface area contributed by atoms with Crippen molar-refractivity contribution in [1.29, 1.82) is 0 Å². The van der Waals surface area contributed by atoms with Crippen LogP contribution in [0.25, 0.3) is 0 Å². The van der Waals surface area contributed by atoms with E-state index in [0.717, 1.165) is 19.6 Å². The summed E-state index contributed by atoms with van der Waals surface area (Å²) in [4.78, 5) is 27.7. The van der Waals surface area contributed by atoms with Gasteiger partial charge in [-0.25, -0.2) is 4.79 Å². The number of benzene rings is 1. The van der Waals surface area contributed by atoms with E-state index in [2.05, 4.69) is 10.2 Å². The van der Waals surface area contributed by atoms with Crippen molar-refractivity contribution in [1.82, 2.24) is 15.1 Å². The van der Waals surface area contributed by atoms with Crippen molar-refractivity contribution in [2.24, 2.45) is 0 Å². The number of hydrogen-bond donors (Lipinski definition) is 1. The van der Waals surface area contributed by atoms with Crippen LogP contribution in [0.3, 0.4) is 0 Å². The second kappa shape index (κ2) is 9.12. The van der Waals surface area contributed by atoms with Gasteiger partial charge in [0.05, 0.1) is 26.9 Å². The molecule has 0 atom stereocenters. The van der Waals surface area contributed by atoms with Crippen LogP contribution in [0.5, 0.6) is 11.5 Å². The number of rotatable bonds is 6. The second-order valence-electron chi connectivity index (χ2n) is 5.62. The molecule has 1 aliphatic rings. The van der Waals surface area contributed by atoms with Crippen LogP contribution in [0.1, 0.15) is 10.4 Å². The predicted octanol–water partition coefficient (Wildman–Crippen LogP) is 0.818. The van der Waals surface area contributed by atoms with Crippen LogP contribution in [0.15, 0.2) is 18.2 Å². The highest BCUT2D eigenvalue weighted by Crippen LogP contribution is 2.24. The molecular weight excluding hydrogens is 326 g/mol. The average molecular weight is 351 g/mol. The van der Waals surface area contributed by atoms with Gasteiger partial charge in [-0.05, 0) is 12.1 Å². The van der Waals surface area contributed by atoms with Crippen molar-refractivity contribution in [2.75, 3.05) is 60.6 Å². The Bertz CT molecular complexity index is 600. The van der Waals surface area contributed by atoms with Crippen LogP contribution in [0.2, 0.25) is 0 Å². The molecule has 1 aliphatic heterocycles. The Labute approximate surface area is 147 Å². The molecule has 1 saturated heterocycles. The smallest absolute Gasteiger partial charge is 0.409 e. The summed E-state index contributed by atoms with van der Waals surface area (Å²) in [5, 5.41) is 2.90. The lowest BCUT2D eigenvalue weighted by Crippen LogP contribution is -2.50. The normalized spacial score (nSPS) is 14.8. The molecule has 8 nitrogen and oxygen atoms in total. The zero-order valence-corrected chi connectivity index (χ0v) is 14.9. The molecule has 1 aromatic rings. The van der Waals surface area contributed by atoms with Gasteiger partial charge in [0.25, 0.3) is 5.91 Å². The first-order chi connectivity index (χ1) is 12.1. The van der Waals surface area contributed by atoms with Crippen LogP contribution in [-0.2, 0) is 4.74 Å². The summed E-state index contributed by atoms with van der Waals surface area (Å²) in [5.74, 6) is 0.924. The van der Waals surface area contributed by atoms with Crippen LogP contribution in [0.4, 0.5) is 4.79 Å². The molecule has 25 heavy (non-hydrogen) atoms. The number of methoxy groups -OCH3 is 3. The highest BCUT2D eigenvalue weighted by atomic mass is 16.5. The Kier molecular flexibility index (Phi) is 6.88. The van der Waals surface area contributed by atoms with Crippen molar-refractivity contribution >= 4 is 12.0 Å². The first-order valence-corrected chi connectivity index (χ1v) is 8.14. The molecule has 0 radical (unpaired) electrons. The van der Waals surface area contributed by atoms with E-state index in [1.807, 2.05) is 0 Å². The number of hydrogen-bond acceptors (Lipinski definition) is 6. The van der Waals surface area contributed by atoms with E-state index < -0.39 is 0 Å². The highest BCUT2D eigenvalue weighted by molar-refractivity contribution is 5.97. The summed E-state index contributed by atoms with van der Waals surface area (Å²) < 4.78 is 15.1. The van der Waals surface area contributed by atoms with Crippen molar-refractivity contribution in [3.8, 4) is 11.5 Å². The summed E-state index contributed by atoms with van der Waals surface area (Å²) >= 11 is 0. The standard InChI is InChI=1S/C17H25N3O5/c1-23-13-4-5-14(15(12-13)24-2)16(21)18-6-7-19-8-10-20(11-9-19)17(22)25-3/h4-5,12H,6-11H2,1-3H3,(H,18,21). The van der Waals surface area contributed by atoms with Crippen LogP contribution >= 0.6 is 0 Å². The maximum absolute atomic E-state index is 12.3. The van der Waals surface area contributed by atoms with E-state index in [1.54, 1.807) is 30.2 Å². The maximum Gasteiger partial charge on any atom is 0.409 e. The maximum atomic E-state index is 12.3. The van der Waals surface area contributed by atoms with Crippen LogP contribution < -0.4 is 14.8 Å². The van der Waals surface area contributed by atoms with Crippen LogP contribution in [0, 0.1) is 0 Å². The van der Waals surface area contributed by atoms with Crippen molar-refractivity contribution in [3.63, 3.8) is 0 Å². The van der Waals surface area contributed by atoms with Gasteiger partial charge in [-0.2, -0.15) is 0 Å². The van der Waals surface area contributed by atoms with E-state index in [0.29, 0.717) is 36.7 Å². The fourth-order valence-corrected chi connectivity index (χ4v) is 2.69. The molecule has 0 unspecified atom stereocenters. The van der Waals surface area contributed by atoms with Crippen LogP contribution in [-0.4, -0.2) is 82.4 Å². The molecule has 1 N–H and O–H groups in total. The number of ether oxygens (including phenoxy) is 3. The number of nitrogens with zero attached hydrogens (tertiary/aromatic N) is 2. The predicted molar refractivity (Wildman–Crippen MR) is 92.3 cm³/mol. The Balaban J connectivity index is 1.79. The lowest BCUT2D eigenvalue weighted by atomic mass is 10.1. The average Bonchev–Trinajstić information content (AvgIpc) is 2.67. The lowest BCUT2D eigenvalue weighted by molar-refractivity contribution is 0.0884.